The van der Waals surface area contributed by atoms with Crippen molar-refractivity contribution in [3.05, 3.63) is 264 Å². The number of ether oxygens (including phenoxy) is 2. The van der Waals surface area contributed by atoms with E-state index in [9.17, 15) is 18.7 Å². The molecule has 4 aromatic heterocycles. The summed E-state index contributed by atoms with van der Waals surface area (Å²) in [5, 5.41) is 29.4. The van der Waals surface area contributed by atoms with Crippen LogP contribution >= 0.6 is 0 Å². The van der Waals surface area contributed by atoms with Crippen molar-refractivity contribution in [2.45, 2.75) is 32.8 Å². The van der Waals surface area contributed by atoms with Crippen molar-refractivity contribution >= 4 is 27.6 Å². The van der Waals surface area contributed by atoms with E-state index < -0.39 is 17.7 Å². The zero-order valence-electron chi connectivity index (χ0n) is 42.3. The lowest BCUT2D eigenvalue weighted by atomic mass is 10.0. The Hall–Kier alpha value is -10.1. The molecule has 0 aliphatic rings. The molecule has 0 spiro atoms. The van der Waals surface area contributed by atoms with Crippen LogP contribution in [0.15, 0.2) is 219 Å². The van der Waals surface area contributed by atoms with E-state index in [-0.39, 0.29) is 17.1 Å². The minimum atomic E-state index is -0.903. The second-order valence-corrected chi connectivity index (χ2v) is 18.6. The lowest BCUT2D eigenvalue weighted by Gasteiger charge is -2.16. The highest BCUT2D eigenvalue weighted by Crippen LogP contribution is 2.36. The van der Waals surface area contributed by atoms with Crippen molar-refractivity contribution in [2.75, 3.05) is 0 Å². The van der Waals surface area contributed by atoms with Gasteiger partial charge in [0, 0.05) is 51.4 Å². The van der Waals surface area contributed by atoms with E-state index in [1.807, 2.05) is 176 Å². The topological polar surface area (TPSA) is 143 Å². The molecule has 12 rings (SSSR count). The predicted molar refractivity (Wildman–Crippen MR) is 296 cm³/mol. The number of hydrogen-bond acceptors (Lipinski definition) is 10. The Labute approximate surface area is 447 Å². The van der Waals surface area contributed by atoms with Crippen molar-refractivity contribution in [1.29, 1.82) is 0 Å². The van der Waals surface area contributed by atoms with E-state index in [4.69, 9.17) is 19.4 Å². The number of aliphatic hydroxyl groups is 1. The Morgan fingerprint density at radius 1 is 0.526 bits per heavy atom. The number of carbonyl (C=O) groups is 1. The summed E-state index contributed by atoms with van der Waals surface area (Å²) in [6.45, 7) is 2.96. The van der Waals surface area contributed by atoms with Crippen molar-refractivity contribution in [3.63, 3.8) is 0 Å². The molecule has 0 saturated heterocycles. The van der Waals surface area contributed by atoms with E-state index in [1.165, 1.54) is 43.3 Å². The molecule has 12 aromatic rings. The summed E-state index contributed by atoms with van der Waals surface area (Å²) >= 11 is 0. The van der Waals surface area contributed by atoms with Crippen LogP contribution in [0.2, 0.25) is 0 Å². The second-order valence-electron chi connectivity index (χ2n) is 18.6. The minimum absolute atomic E-state index is 0.165. The molecule has 0 bridgehead atoms. The largest absolute Gasteiger partial charge is 0.438 e. The van der Waals surface area contributed by atoms with Gasteiger partial charge in [0.1, 0.15) is 34.5 Å². The minimum Gasteiger partial charge on any atom is -0.438 e. The number of carbonyl (C=O) groups excluding carboxylic acids is 1. The van der Waals surface area contributed by atoms with Crippen molar-refractivity contribution < 1.29 is 28.2 Å². The number of rotatable bonds is 14. The Morgan fingerprint density at radius 3 is 1.42 bits per heavy atom. The summed E-state index contributed by atoms with van der Waals surface area (Å²) in [4.78, 5) is 21.8. The molecule has 0 radical (unpaired) electrons. The number of fused-ring (bicyclic) bond motifs is 2. The van der Waals surface area contributed by atoms with Gasteiger partial charge in [-0.3, -0.25) is 4.79 Å². The van der Waals surface area contributed by atoms with Gasteiger partial charge in [0.25, 0.3) is 0 Å². The fourth-order valence-electron chi connectivity index (χ4n) is 9.00. The fraction of sp³-hybridized carbons (Fsp3) is 0.0781. The van der Waals surface area contributed by atoms with Crippen molar-refractivity contribution in [1.82, 2.24) is 40.0 Å². The smallest absolute Gasteiger partial charge is 0.223 e. The molecular weight excluding hydrogens is 983 g/mol. The fourth-order valence-corrected chi connectivity index (χ4v) is 9.00. The van der Waals surface area contributed by atoms with E-state index >= 15 is 0 Å². The molecule has 0 fully saturated rings. The standard InChI is InChI=1S/C32H25FN4O2.C32H23FN4O2/c2*1-21(38)28-19-26(33)12-15-31(28)39-32-25(16-22-8-4-2-5-9-22)17-24-18-27(13-14-29(24)34-32)37-20-30(35-36-37)23-10-6-3-7-11-23/h2-15,17-21,38H,16H2,1H3;2-15,17-20H,16H2,1H3. The Balaban J connectivity index is 0.000000165. The predicted octanol–water partition coefficient (Wildman–Crippen LogP) is 14.3. The molecule has 4 heterocycles. The Kier molecular flexibility index (Phi) is 14.4. The number of aromatic nitrogens is 8. The summed E-state index contributed by atoms with van der Waals surface area (Å²) in [6, 6.07) is 63.6. The maximum atomic E-state index is 13.9. The first kappa shape index (κ1) is 50.1. The quantitative estimate of drug-likeness (QED) is 0.105. The van der Waals surface area contributed by atoms with Gasteiger partial charge in [-0.1, -0.05) is 132 Å². The third-order valence-corrected chi connectivity index (χ3v) is 13.0. The summed E-state index contributed by atoms with van der Waals surface area (Å²) in [5.41, 5.74) is 11.1. The summed E-state index contributed by atoms with van der Waals surface area (Å²) < 4.78 is 43.7. The lowest BCUT2D eigenvalue weighted by molar-refractivity contribution is 0.101. The van der Waals surface area contributed by atoms with Crippen LogP contribution in [0, 0.1) is 11.6 Å². The van der Waals surface area contributed by atoms with Gasteiger partial charge in [0.2, 0.25) is 11.8 Å². The van der Waals surface area contributed by atoms with Crippen molar-refractivity contribution in [3.8, 4) is 57.1 Å². The number of hydrogen-bond donors (Lipinski definition) is 1. The van der Waals surface area contributed by atoms with Gasteiger partial charge < -0.3 is 14.6 Å². The zero-order valence-corrected chi connectivity index (χ0v) is 42.3. The van der Waals surface area contributed by atoms with Gasteiger partial charge in [-0.05, 0) is 110 Å². The summed E-state index contributed by atoms with van der Waals surface area (Å²) in [7, 11) is 0. The van der Waals surface area contributed by atoms with E-state index in [0.717, 1.165) is 72.4 Å². The molecule has 0 saturated carbocycles. The normalized spacial score (nSPS) is 11.5. The van der Waals surface area contributed by atoms with Crippen LogP contribution in [0.1, 0.15) is 58.1 Å². The second kappa shape index (κ2) is 22.4. The maximum Gasteiger partial charge on any atom is 0.223 e. The molecule has 14 heteroatoms. The average Bonchev–Trinajstić information content (AvgIpc) is 4.22. The van der Waals surface area contributed by atoms with E-state index in [0.29, 0.717) is 41.4 Å². The van der Waals surface area contributed by atoms with Crippen LogP contribution in [0.5, 0.6) is 23.3 Å². The van der Waals surface area contributed by atoms with Gasteiger partial charge in [-0.2, -0.15) is 0 Å². The third-order valence-electron chi connectivity index (χ3n) is 13.0. The van der Waals surface area contributed by atoms with E-state index in [2.05, 4.69) is 26.7 Å². The van der Waals surface area contributed by atoms with Gasteiger partial charge in [0.05, 0.1) is 46.5 Å². The first-order chi connectivity index (χ1) is 38.1. The Bertz CT molecular complexity index is 4080. The number of aliphatic hydroxyl groups excluding tert-OH is 1. The van der Waals surface area contributed by atoms with Crippen LogP contribution in [0.25, 0.3) is 55.7 Å². The van der Waals surface area contributed by atoms with Crippen LogP contribution in [0.3, 0.4) is 0 Å². The van der Waals surface area contributed by atoms with Crippen LogP contribution in [-0.4, -0.2) is 50.8 Å². The number of Topliss-reactive ketones (excluding diaryl/α,β-unsaturated/α-hetero) is 1. The van der Waals surface area contributed by atoms with E-state index in [1.54, 1.807) is 16.3 Å². The molecule has 0 aliphatic heterocycles. The molecule has 12 nitrogen and oxygen atoms in total. The Morgan fingerprint density at radius 2 is 0.962 bits per heavy atom. The molecule has 382 valence electrons. The SMILES string of the molecule is CC(=O)c1cc(F)ccc1Oc1nc2ccc(-n3cc(-c4ccccc4)nn3)cc2cc1Cc1ccccc1.CC(O)c1cc(F)ccc1Oc1nc2ccc(-n3cc(-c4ccccc4)nn3)cc2cc1Cc1ccccc1. The molecule has 1 atom stereocenters. The van der Waals surface area contributed by atoms with Gasteiger partial charge in [0.15, 0.2) is 5.78 Å². The number of halogens is 2. The molecule has 0 aliphatic carbocycles. The first-order valence-corrected chi connectivity index (χ1v) is 25.1. The number of nitrogens with zero attached hydrogens (tertiary/aromatic N) is 8. The van der Waals surface area contributed by atoms with Gasteiger partial charge in [-0.25, -0.2) is 28.1 Å². The molecule has 0 amide bonds. The highest BCUT2D eigenvalue weighted by atomic mass is 19.1. The molecule has 1 N–H and O–H groups in total. The number of benzene rings is 8. The molecule has 1 unspecified atom stereocenters. The zero-order chi connectivity index (χ0) is 53.5. The van der Waals surface area contributed by atoms with Crippen LogP contribution in [-0.2, 0) is 12.8 Å². The van der Waals surface area contributed by atoms with Crippen LogP contribution < -0.4 is 9.47 Å². The van der Waals surface area contributed by atoms with Gasteiger partial charge >= 0.3 is 0 Å². The number of ketones is 1. The maximum absolute atomic E-state index is 13.9. The van der Waals surface area contributed by atoms with Crippen LogP contribution in [0.4, 0.5) is 8.78 Å². The third kappa shape index (κ3) is 11.4. The van der Waals surface area contributed by atoms with Gasteiger partial charge in [-0.15, -0.1) is 10.2 Å². The lowest BCUT2D eigenvalue weighted by Crippen LogP contribution is -2.02. The first-order valence-electron chi connectivity index (χ1n) is 25.1. The monoisotopic (exact) mass is 1030 g/mol. The molecule has 8 aromatic carbocycles. The van der Waals surface area contributed by atoms with Crippen molar-refractivity contribution in [2.24, 2.45) is 0 Å². The summed E-state index contributed by atoms with van der Waals surface area (Å²) in [5.74, 6) is 0.158. The summed E-state index contributed by atoms with van der Waals surface area (Å²) in [6.07, 6.45) is 4.03. The molecule has 78 heavy (non-hydrogen) atoms. The highest BCUT2D eigenvalue weighted by molar-refractivity contribution is 5.97. The highest BCUT2D eigenvalue weighted by Gasteiger charge is 2.19. The average molecular weight is 1030 g/mol. The number of pyridine rings is 2. The molecular formula is C64H48F2N8O4.